The van der Waals surface area contributed by atoms with Crippen molar-refractivity contribution in [2.75, 3.05) is 12.3 Å². The molecule has 4 rings (SSSR count). The Kier molecular flexibility index (Phi) is 5.66. The molecule has 1 aromatic carbocycles. The fraction of sp³-hybridized carbons (Fsp3) is 0.400. The van der Waals surface area contributed by atoms with Gasteiger partial charge in [-0.25, -0.2) is 14.2 Å². The van der Waals surface area contributed by atoms with E-state index in [1.165, 1.54) is 34.6 Å². The van der Waals surface area contributed by atoms with Crippen molar-refractivity contribution in [3.8, 4) is 11.1 Å². The molecule has 0 saturated carbocycles. The lowest BCUT2D eigenvalue weighted by Crippen LogP contribution is -2.44. The van der Waals surface area contributed by atoms with Crippen LogP contribution in [0.4, 0.5) is 4.39 Å². The second kappa shape index (κ2) is 8.36. The van der Waals surface area contributed by atoms with Crippen molar-refractivity contribution in [2.45, 2.75) is 43.8 Å². The summed E-state index contributed by atoms with van der Waals surface area (Å²) in [6, 6.07) is 6.23. The number of fused-ring (bicyclic) bond motifs is 1. The number of hydrogen-bond acceptors (Lipinski definition) is 5. The minimum Gasteiger partial charge on any atom is -0.339 e. The molecule has 1 amide bonds. The van der Waals surface area contributed by atoms with E-state index in [0.29, 0.717) is 28.0 Å². The Hall–Kier alpha value is -2.68. The Morgan fingerprint density at radius 1 is 1.31 bits per heavy atom. The number of carbonyl (C=O) groups is 1. The van der Waals surface area contributed by atoms with Crippen LogP contribution >= 0.6 is 11.8 Å². The number of rotatable bonds is 5. The Morgan fingerprint density at radius 3 is 2.86 bits per heavy atom. The van der Waals surface area contributed by atoms with Crippen LogP contribution in [0.3, 0.4) is 0 Å². The summed E-state index contributed by atoms with van der Waals surface area (Å²) < 4.78 is 14.4. The summed E-state index contributed by atoms with van der Waals surface area (Å²) in [5, 5.41) is 4.45. The quantitative estimate of drug-likeness (QED) is 0.648. The molecule has 0 radical (unpaired) electrons. The predicted octanol–water partition coefficient (Wildman–Crippen LogP) is 3.11. The van der Waals surface area contributed by atoms with Crippen LogP contribution in [0.15, 0.2) is 40.4 Å². The highest BCUT2D eigenvalue weighted by atomic mass is 32.2. The van der Waals surface area contributed by atoms with Gasteiger partial charge in [-0.05, 0) is 43.4 Å². The molecule has 1 aliphatic rings. The summed E-state index contributed by atoms with van der Waals surface area (Å²) in [7, 11) is 0. The van der Waals surface area contributed by atoms with Crippen molar-refractivity contribution in [1.29, 1.82) is 0 Å². The van der Waals surface area contributed by atoms with E-state index in [1.807, 2.05) is 4.90 Å². The van der Waals surface area contributed by atoms with Gasteiger partial charge in [0.25, 0.3) is 0 Å². The van der Waals surface area contributed by atoms with Crippen LogP contribution in [0.1, 0.15) is 32.6 Å². The number of thioether (sulfide) groups is 1. The maximum Gasteiger partial charge on any atom is 0.350 e. The Balaban J connectivity index is 1.56. The number of aromatic amines is 1. The van der Waals surface area contributed by atoms with E-state index in [-0.39, 0.29) is 17.5 Å². The average molecular weight is 415 g/mol. The SMILES string of the molecule is CC[C@@H]1CCCCN1C(=O)CSc1nc2c(-c3ccc(F)cc3)cnn2c(=O)[nH]1. The summed E-state index contributed by atoms with van der Waals surface area (Å²) in [5.74, 6) is -0.0551. The van der Waals surface area contributed by atoms with Gasteiger partial charge < -0.3 is 4.90 Å². The van der Waals surface area contributed by atoms with Gasteiger partial charge in [0.05, 0.1) is 11.9 Å². The first kappa shape index (κ1) is 19.6. The Labute approximate surface area is 171 Å². The number of benzene rings is 1. The maximum atomic E-state index is 13.2. The van der Waals surface area contributed by atoms with Gasteiger partial charge in [0.2, 0.25) is 5.91 Å². The number of hydrogen-bond donors (Lipinski definition) is 1. The first-order chi connectivity index (χ1) is 14.1. The van der Waals surface area contributed by atoms with Crippen LogP contribution in [0.5, 0.6) is 0 Å². The third-order valence-electron chi connectivity index (χ3n) is 5.26. The summed E-state index contributed by atoms with van der Waals surface area (Å²) >= 11 is 1.21. The van der Waals surface area contributed by atoms with Crippen LogP contribution in [-0.2, 0) is 4.79 Å². The zero-order valence-electron chi connectivity index (χ0n) is 16.1. The number of nitrogens with zero attached hydrogens (tertiary/aromatic N) is 4. The van der Waals surface area contributed by atoms with E-state index in [4.69, 9.17) is 0 Å². The fourth-order valence-corrected chi connectivity index (χ4v) is 4.47. The van der Waals surface area contributed by atoms with E-state index in [1.54, 1.807) is 12.1 Å². The van der Waals surface area contributed by atoms with Crippen molar-refractivity contribution in [3.63, 3.8) is 0 Å². The summed E-state index contributed by atoms with van der Waals surface area (Å²) in [4.78, 5) is 34.2. The number of piperidine rings is 1. The second-order valence-corrected chi connectivity index (χ2v) is 8.05. The molecule has 2 aromatic heterocycles. The van der Waals surface area contributed by atoms with Gasteiger partial charge in [0.15, 0.2) is 10.8 Å². The molecule has 3 heterocycles. The first-order valence-electron chi connectivity index (χ1n) is 9.73. The topological polar surface area (TPSA) is 83.4 Å². The van der Waals surface area contributed by atoms with E-state index in [9.17, 15) is 14.0 Å². The van der Waals surface area contributed by atoms with Gasteiger partial charge >= 0.3 is 5.69 Å². The molecule has 7 nitrogen and oxygen atoms in total. The molecule has 0 unspecified atom stereocenters. The molecule has 0 bridgehead atoms. The molecular weight excluding hydrogens is 393 g/mol. The number of likely N-dealkylation sites (tertiary alicyclic amines) is 1. The largest absolute Gasteiger partial charge is 0.350 e. The molecule has 1 saturated heterocycles. The number of halogens is 1. The predicted molar refractivity (Wildman–Crippen MR) is 109 cm³/mol. The summed E-state index contributed by atoms with van der Waals surface area (Å²) in [5.41, 5.74) is 1.29. The number of aromatic nitrogens is 4. The van der Waals surface area contributed by atoms with Crippen LogP contribution in [0.25, 0.3) is 16.8 Å². The molecular formula is C20H22FN5O2S. The van der Waals surface area contributed by atoms with Crippen LogP contribution in [-0.4, -0.2) is 48.7 Å². The Bertz CT molecular complexity index is 1080. The smallest absolute Gasteiger partial charge is 0.339 e. The fourth-order valence-electron chi connectivity index (χ4n) is 3.73. The van der Waals surface area contributed by atoms with Gasteiger partial charge in [-0.1, -0.05) is 30.8 Å². The molecule has 29 heavy (non-hydrogen) atoms. The van der Waals surface area contributed by atoms with E-state index >= 15 is 0 Å². The lowest BCUT2D eigenvalue weighted by Gasteiger charge is -2.35. The monoisotopic (exact) mass is 415 g/mol. The normalized spacial score (nSPS) is 17.0. The third-order valence-corrected chi connectivity index (χ3v) is 6.12. The molecule has 1 fully saturated rings. The van der Waals surface area contributed by atoms with Crippen molar-refractivity contribution >= 4 is 23.3 Å². The lowest BCUT2D eigenvalue weighted by atomic mass is 10.0. The molecule has 1 aliphatic heterocycles. The number of carbonyl (C=O) groups excluding carboxylic acids is 1. The molecule has 9 heteroatoms. The highest BCUT2D eigenvalue weighted by molar-refractivity contribution is 7.99. The van der Waals surface area contributed by atoms with Gasteiger partial charge in [0.1, 0.15) is 5.82 Å². The molecule has 3 aromatic rings. The molecule has 1 atom stereocenters. The molecule has 0 spiro atoms. The minimum absolute atomic E-state index is 0.0661. The summed E-state index contributed by atoms with van der Waals surface area (Å²) in [6.45, 7) is 2.89. The van der Waals surface area contributed by atoms with Crippen molar-refractivity contribution in [3.05, 3.63) is 46.8 Å². The van der Waals surface area contributed by atoms with Crippen LogP contribution in [0, 0.1) is 5.82 Å². The molecule has 1 N–H and O–H groups in total. The van der Waals surface area contributed by atoms with Gasteiger partial charge in [-0.3, -0.25) is 9.78 Å². The number of H-pyrrole nitrogens is 1. The first-order valence-corrected chi connectivity index (χ1v) is 10.7. The van der Waals surface area contributed by atoms with E-state index in [0.717, 1.165) is 32.2 Å². The highest BCUT2D eigenvalue weighted by Crippen LogP contribution is 2.25. The third kappa shape index (κ3) is 4.05. The minimum atomic E-state index is -0.428. The van der Waals surface area contributed by atoms with Gasteiger partial charge in [-0.15, -0.1) is 0 Å². The highest BCUT2D eigenvalue weighted by Gasteiger charge is 2.25. The zero-order valence-corrected chi connectivity index (χ0v) is 16.9. The van der Waals surface area contributed by atoms with E-state index < -0.39 is 5.69 Å². The lowest BCUT2D eigenvalue weighted by molar-refractivity contribution is -0.132. The number of nitrogens with one attached hydrogen (secondary N) is 1. The Morgan fingerprint density at radius 2 is 2.10 bits per heavy atom. The standard InChI is InChI=1S/C20H22FN5O2S/c1-2-15-5-3-4-10-25(15)17(27)12-29-19-23-18-16(11-22-26(18)20(28)24-19)13-6-8-14(21)9-7-13/h6-9,11,15H,2-5,10,12H2,1H3,(H,23,24,28)/t15-/m1/s1. The average Bonchev–Trinajstić information content (AvgIpc) is 3.17. The second-order valence-electron chi connectivity index (χ2n) is 7.08. The summed E-state index contributed by atoms with van der Waals surface area (Å²) in [6.07, 6.45) is 5.72. The van der Waals surface area contributed by atoms with Gasteiger partial charge in [-0.2, -0.15) is 9.61 Å². The van der Waals surface area contributed by atoms with Crippen molar-refractivity contribution < 1.29 is 9.18 Å². The zero-order chi connectivity index (χ0) is 20.4. The van der Waals surface area contributed by atoms with Gasteiger partial charge in [0, 0.05) is 18.2 Å². The number of amides is 1. The van der Waals surface area contributed by atoms with Crippen LogP contribution in [0.2, 0.25) is 0 Å². The molecule has 0 aliphatic carbocycles. The molecule has 152 valence electrons. The maximum absolute atomic E-state index is 13.2. The van der Waals surface area contributed by atoms with Crippen molar-refractivity contribution in [1.82, 2.24) is 24.5 Å². The van der Waals surface area contributed by atoms with Crippen molar-refractivity contribution in [2.24, 2.45) is 0 Å². The van der Waals surface area contributed by atoms with Crippen LogP contribution < -0.4 is 5.69 Å². The van der Waals surface area contributed by atoms with E-state index in [2.05, 4.69) is 22.0 Å².